The highest BCUT2D eigenvalue weighted by molar-refractivity contribution is 6.29. The smallest absolute Gasteiger partial charge is 0.255 e. The monoisotopic (exact) mass is 541 g/mol. The molecule has 0 bridgehead atoms. The number of aliphatic hydroxyl groups excluding tert-OH is 2. The fourth-order valence-corrected chi connectivity index (χ4v) is 6.16. The number of nitrogens with two attached hydrogens (primary N) is 1. The Morgan fingerprint density at radius 2 is 1.84 bits per heavy atom. The number of aromatic hydroxyl groups is 1. The molecule has 1 aromatic carbocycles. The van der Waals surface area contributed by atoms with E-state index in [0.717, 1.165) is 0 Å². The van der Waals surface area contributed by atoms with E-state index in [9.17, 15) is 34.8 Å². The maximum absolute atomic E-state index is 13.8. The normalized spacial score (nSPS) is 26.5. The van der Waals surface area contributed by atoms with Gasteiger partial charge in [-0.25, -0.2) is 4.98 Å². The second-order valence-corrected chi connectivity index (χ2v) is 10.2. The van der Waals surface area contributed by atoms with Crippen molar-refractivity contribution in [2.45, 2.75) is 31.9 Å². The quantitative estimate of drug-likeness (QED) is 0.288. The topological polar surface area (TPSA) is 174 Å². The minimum absolute atomic E-state index is 0. The highest BCUT2D eigenvalue weighted by atomic mass is 35.5. The van der Waals surface area contributed by atoms with Gasteiger partial charge in [0.15, 0.2) is 11.4 Å². The number of rotatable bonds is 3. The first kappa shape index (κ1) is 27.3. The summed E-state index contributed by atoms with van der Waals surface area (Å²) in [5.41, 5.74) is 3.51. The number of phenolic OH excluding ortho intramolecular Hbond substituents is 1. The number of aliphatic hydroxyl groups is 3. The summed E-state index contributed by atoms with van der Waals surface area (Å²) in [5, 5.41) is 44.8. The van der Waals surface area contributed by atoms with E-state index < -0.39 is 58.0 Å². The van der Waals surface area contributed by atoms with E-state index in [-0.39, 0.29) is 37.2 Å². The van der Waals surface area contributed by atoms with Crippen LogP contribution in [0.5, 0.6) is 5.75 Å². The van der Waals surface area contributed by atoms with Crippen LogP contribution in [0, 0.1) is 11.8 Å². The fraction of sp³-hybridized carbons (Fsp3) is 0.333. The Morgan fingerprint density at radius 3 is 2.42 bits per heavy atom. The predicted octanol–water partition coefficient (Wildman–Crippen LogP) is 2.32. The van der Waals surface area contributed by atoms with E-state index in [1.165, 1.54) is 11.0 Å². The summed E-state index contributed by atoms with van der Waals surface area (Å²) in [7, 11) is 3.11. The molecule has 0 radical (unpaired) electrons. The van der Waals surface area contributed by atoms with Crippen LogP contribution in [0.2, 0.25) is 5.15 Å². The molecule has 38 heavy (non-hydrogen) atoms. The number of pyridine rings is 1. The molecule has 2 aromatic rings. The number of ketones is 2. The Balaban J connectivity index is 0.00000336. The zero-order valence-corrected chi connectivity index (χ0v) is 20.7. The van der Waals surface area contributed by atoms with Gasteiger partial charge in [-0.2, -0.15) is 0 Å². The van der Waals surface area contributed by atoms with Crippen LogP contribution in [0.4, 0.5) is 0 Å². The number of amides is 1. The zero-order chi connectivity index (χ0) is 27.0. The minimum Gasteiger partial charge on any atom is -0.508 e. The molecule has 5 rings (SSSR count). The molecule has 10 nitrogen and oxygen atoms in total. The second kappa shape index (κ2) is 9.23. The number of aromatic nitrogens is 1. The summed E-state index contributed by atoms with van der Waals surface area (Å²) in [6.45, 7) is 0. The lowest BCUT2D eigenvalue weighted by atomic mass is 9.57. The molecule has 1 fully saturated rings. The number of carbonyl (C=O) groups is 3. The van der Waals surface area contributed by atoms with E-state index in [1.54, 1.807) is 38.5 Å². The molecule has 3 aliphatic carbocycles. The molecular weight excluding hydrogens is 514 g/mol. The molecule has 4 atom stereocenters. The standard InChI is InChI=1S/C26H24ClN3O7.CH4/c1-30(2)20-14-8-11-7-13-12(10-3-6-16(27)29-9-10)4-5-15(31)18(13)21(32)17(11)23(34)26(14,37)24(35)19(22(20)33)25(28)36;/h3-6,9,11,14,20,31-32,35,37H,7-8H2,1-2H3,(H2,28,36);1H4/t11-,14-,20-,26-;/m0./s1. The van der Waals surface area contributed by atoms with Crippen LogP contribution >= 0.6 is 11.6 Å². The van der Waals surface area contributed by atoms with Gasteiger partial charge >= 0.3 is 0 Å². The SMILES string of the molecule is C.CN(C)[C@@H]1C(=O)C(C(N)=O)=C(O)[C@@]2(O)C(=O)C3=C(O)c4c(O)ccc(-c5ccc(Cl)nc5)c4C[C@H]3C[C@@H]12. The summed E-state index contributed by atoms with van der Waals surface area (Å²) < 4.78 is 0. The van der Waals surface area contributed by atoms with Gasteiger partial charge < -0.3 is 26.2 Å². The van der Waals surface area contributed by atoms with Crippen molar-refractivity contribution in [2.75, 3.05) is 14.1 Å². The van der Waals surface area contributed by atoms with Crippen molar-refractivity contribution in [2.24, 2.45) is 17.6 Å². The van der Waals surface area contributed by atoms with Gasteiger partial charge in [-0.15, -0.1) is 0 Å². The summed E-state index contributed by atoms with van der Waals surface area (Å²) in [4.78, 5) is 44.6. The van der Waals surface area contributed by atoms with Gasteiger partial charge in [-0.05, 0) is 62.2 Å². The lowest BCUT2D eigenvalue weighted by Crippen LogP contribution is -2.65. The van der Waals surface area contributed by atoms with Crippen molar-refractivity contribution in [3.05, 3.63) is 63.6 Å². The number of carbonyl (C=O) groups excluding carboxylic acids is 3. The van der Waals surface area contributed by atoms with E-state index in [2.05, 4.69) is 4.98 Å². The van der Waals surface area contributed by atoms with E-state index in [1.807, 2.05) is 0 Å². The number of halogens is 1. The van der Waals surface area contributed by atoms with Gasteiger partial charge in [0, 0.05) is 23.3 Å². The maximum Gasteiger partial charge on any atom is 0.255 e. The predicted molar refractivity (Wildman–Crippen MR) is 139 cm³/mol. The van der Waals surface area contributed by atoms with Crippen LogP contribution in [0.25, 0.3) is 16.9 Å². The maximum atomic E-state index is 13.8. The van der Waals surface area contributed by atoms with Gasteiger partial charge in [-0.1, -0.05) is 25.1 Å². The Bertz CT molecular complexity index is 1450. The molecule has 11 heteroatoms. The number of Topliss-reactive ketones (excluding diaryl/α,β-unsaturated/α-hetero) is 2. The number of nitrogens with zero attached hydrogens (tertiary/aromatic N) is 2. The van der Waals surface area contributed by atoms with Crippen molar-refractivity contribution in [1.82, 2.24) is 9.88 Å². The Kier molecular flexibility index (Phi) is 6.63. The highest BCUT2D eigenvalue weighted by Gasteiger charge is 2.64. The molecule has 0 aliphatic heterocycles. The molecule has 6 N–H and O–H groups in total. The molecule has 3 aliphatic rings. The first-order chi connectivity index (χ1) is 17.4. The molecule has 0 saturated heterocycles. The van der Waals surface area contributed by atoms with E-state index >= 15 is 0 Å². The van der Waals surface area contributed by atoms with Gasteiger partial charge in [0.25, 0.3) is 5.91 Å². The van der Waals surface area contributed by atoms with E-state index in [4.69, 9.17) is 17.3 Å². The van der Waals surface area contributed by atoms with Crippen LogP contribution in [0.3, 0.4) is 0 Å². The van der Waals surface area contributed by atoms with Gasteiger partial charge in [0.2, 0.25) is 5.78 Å². The average Bonchev–Trinajstić information content (AvgIpc) is 2.82. The lowest BCUT2D eigenvalue weighted by molar-refractivity contribution is -0.153. The largest absolute Gasteiger partial charge is 0.508 e. The van der Waals surface area contributed by atoms with E-state index in [0.29, 0.717) is 21.8 Å². The molecule has 0 spiro atoms. The number of likely N-dealkylation sites (N-methyl/N-ethyl adjacent to an activating group) is 1. The lowest BCUT2D eigenvalue weighted by Gasteiger charge is -2.50. The van der Waals surface area contributed by atoms with Crippen LogP contribution in [-0.4, -0.2) is 73.5 Å². The van der Waals surface area contributed by atoms with Crippen molar-refractivity contribution in [3.63, 3.8) is 0 Å². The van der Waals surface area contributed by atoms with Crippen LogP contribution in [0.15, 0.2) is 47.4 Å². The number of phenols is 1. The fourth-order valence-electron chi connectivity index (χ4n) is 6.05. The first-order valence-electron chi connectivity index (χ1n) is 11.5. The van der Waals surface area contributed by atoms with Crippen LogP contribution < -0.4 is 5.73 Å². The highest BCUT2D eigenvalue weighted by Crippen LogP contribution is 2.53. The molecule has 0 unspecified atom stereocenters. The first-order valence-corrected chi connectivity index (χ1v) is 11.9. The van der Waals surface area contributed by atoms with Crippen LogP contribution in [-0.2, 0) is 20.8 Å². The number of fused-ring (bicyclic) bond motifs is 3. The molecule has 1 saturated carbocycles. The summed E-state index contributed by atoms with van der Waals surface area (Å²) >= 11 is 5.92. The molecule has 200 valence electrons. The molecule has 1 heterocycles. The van der Waals surface area contributed by atoms with Crippen molar-refractivity contribution in [1.29, 1.82) is 0 Å². The third kappa shape index (κ3) is 3.63. The van der Waals surface area contributed by atoms with Gasteiger partial charge in [0.05, 0.1) is 11.6 Å². The van der Waals surface area contributed by atoms with Crippen LogP contribution in [0.1, 0.15) is 25.0 Å². The number of primary amides is 1. The van der Waals surface area contributed by atoms with Gasteiger partial charge in [-0.3, -0.25) is 19.3 Å². The summed E-state index contributed by atoms with van der Waals surface area (Å²) in [6, 6.07) is 5.24. The number of hydrogen-bond acceptors (Lipinski definition) is 9. The minimum atomic E-state index is -2.67. The third-order valence-corrected chi connectivity index (χ3v) is 7.87. The summed E-state index contributed by atoms with van der Waals surface area (Å²) in [5.74, 6) is -6.86. The van der Waals surface area contributed by atoms with Crippen molar-refractivity contribution < 1.29 is 34.8 Å². The van der Waals surface area contributed by atoms with Crippen molar-refractivity contribution in [3.8, 4) is 16.9 Å². The molecular formula is C27H28ClN3O7. The number of hydrogen-bond donors (Lipinski definition) is 5. The molecule has 1 aromatic heterocycles. The Morgan fingerprint density at radius 1 is 1.16 bits per heavy atom. The molecule has 1 amide bonds. The van der Waals surface area contributed by atoms with Gasteiger partial charge in [0.1, 0.15) is 28.0 Å². The Labute approximate surface area is 223 Å². The second-order valence-electron chi connectivity index (χ2n) is 9.82. The average molecular weight is 542 g/mol. The Hall–Kier alpha value is -3.73. The van der Waals surface area contributed by atoms with Crippen molar-refractivity contribution >= 4 is 34.8 Å². The number of benzene rings is 1. The third-order valence-electron chi connectivity index (χ3n) is 7.64. The zero-order valence-electron chi connectivity index (χ0n) is 19.9. The summed E-state index contributed by atoms with van der Waals surface area (Å²) in [6.07, 6.45) is 1.74.